The van der Waals surface area contributed by atoms with Gasteiger partial charge < -0.3 is 21.4 Å². The molecule has 0 atom stereocenters. The molecule has 0 heterocycles. The molecule has 2 fully saturated rings. The van der Waals surface area contributed by atoms with E-state index in [-0.39, 0.29) is 23.9 Å². The highest BCUT2D eigenvalue weighted by molar-refractivity contribution is 6.06. The molecule has 2 aliphatic rings. The standard InChI is InChI=1S/C14H25N3O3/c15-12(17-20)14(8-2-1-3-9-14)13(19)16-10-4-6-11(18)7-5-10/h10-11,18,20H,1-9H2,(H2,15,17)(H,16,19). The number of rotatable bonds is 3. The monoisotopic (exact) mass is 283 g/mol. The molecule has 5 N–H and O–H groups in total. The molecule has 0 spiro atoms. The first kappa shape index (κ1) is 15.1. The topological polar surface area (TPSA) is 108 Å². The first-order valence-electron chi connectivity index (χ1n) is 7.55. The highest BCUT2D eigenvalue weighted by atomic mass is 16.4. The van der Waals surface area contributed by atoms with Crippen molar-refractivity contribution in [3.8, 4) is 0 Å². The highest BCUT2D eigenvalue weighted by Crippen LogP contribution is 2.37. The van der Waals surface area contributed by atoms with Gasteiger partial charge in [-0.3, -0.25) is 4.79 Å². The predicted octanol–water partition coefficient (Wildman–Crippen LogP) is 1.10. The van der Waals surface area contributed by atoms with Crippen LogP contribution in [0.25, 0.3) is 0 Å². The molecule has 0 saturated heterocycles. The summed E-state index contributed by atoms with van der Waals surface area (Å²) in [4.78, 5) is 12.6. The Morgan fingerprint density at radius 3 is 2.30 bits per heavy atom. The summed E-state index contributed by atoms with van der Waals surface area (Å²) in [5.74, 6) is -0.0839. The molecule has 0 aromatic carbocycles. The number of amides is 1. The molecule has 2 rings (SSSR count). The van der Waals surface area contributed by atoms with Crippen LogP contribution in [-0.2, 0) is 4.79 Å². The van der Waals surface area contributed by atoms with Gasteiger partial charge in [0.25, 0.3) is 0 Å². The fourth-order valence-electron chi connectivity index (χ4n) is 3.39. The third-order valence-corrected chi connectivity index (χ3v) is 4.77. The van der Waals surface area contributed by atoms with Crippen molar-refractivity contribution in [3.05, 3.63) is 0 Å². The highest BCUT2D eigenvalue weighted by Gasteiger charge is 2.44. The molecule has 0 unspecified atom stereocenters. The molecule has 0 radical (unpaired) electrons. The SMILES string of the molecule is NC(=NO)C1(C(=O)NC2CCC(O)CC2)CCCCC1. The Hall–Kier alpha value is -1.30. The van der Waals surface area contributed by atoms with Gasteiger partial charge in [-0.2, -0.15) is 0 Å². The maximum Gasteiger partial charge on any atom is 0.234 e. The lowest BCUT2D eigenvalue weighted by molar-refractivity contribution is -0.130. The van der Waals surface area contributed by atoms with Gasteiger partial charge in [0.05, 0.1) is 6.10 Å². The van der Waals surface area contributed by atoms with E-state index in [2.05, 4.69) is 10.5 Å². The lowest BCUT2D eigenvalue weighted by Gasteiger charge is -2.36. The molecular weight excluding hydrogens is 258 g/mol. The van der Waals surface area contributed by atoms with Crippen LogP contribution in [0.1, 0.15) is 57.8 Å². The summed E-state index contributed by atoms with van der Waals surface area (Å²) in [5.41, 5.74) is 4.97. The van der Waals surface area contributed by atoms with Gasteiger partial charge in [-0.15, -0.1) is 0 Å². The largest absolute Gasteiger partial charge is 0.409 e. The second-order valence-corrected chi connectivity index (χ2v) is 6.11. The quantitative estimate of drug-likeness (QED) is 0.269. The Morgan fingerprint density at radius 1 is 1.15 bits per heavy atom. The molecule has 2 saturated carbocycles. The van der Waals surface area contributed by atoms with Crippen LogP contribution in [0.15, 0.2) is 5.16 Å². The zero-order valence-electron chi connectivity index (χ0n) is 11.8. The molecule has 0 aliphatic heterocycles. The third kappa shape index (κ3) is 3.06. The molecule has 0 aromatic rings. The number of hydrogen-bond acceptors (Lipinski definition) is 4. The number of nitrogens with zero attached hydrogens (tertiary/aromatic N) is 1. The van der Waals surface area contributed by atoms with Crippen LogP contribution in [0.4, 0.5) is 0 Å². The Kier molecular flexibility index (Phi) is 4.86. The Balaban J connectivity index is 2.03. The fraction of sp³-hybridized carbons (Fsp3) is 0.857. The summed E-state index contributed by atoms with van der Waals surface area (Å²) in [6.07, 6.45) is 7.01. The molecule has 6 heteroatoms. The number of carbonyl (C=O) groups is 1. The number of amidine groups is 1. The number of aliphatic hydroxyl groups excluding tert-OH is 1. The van der Waals surface area contributed by atoms with Gasteiger partial charge in [0.1, 0.15) is 5.41 Å². The van der Waals surface area contributed by atoms with Crippen LogP contribution in [0.5, 0.6) is 0 Å². The van der Waals surface area contributed by atoms with E-state index in [1.54, 1.807) is 0 Å². The van der Waals surface area contributed by atoms with Crippen molar-refractivity contribution in [1.82, 2.24) is 5.32 Å². The Bertz CT molecular complexity index is 370. The maximum absolute atomic E-state index is 12.6. The average Bonchev–Trinajstić information content (AvgIpc) is 2.49. The summed E-state index contributed by atoms with van der Waals surface area (Å²) < 4.78 is 0. The van der Waals surface area contributed by atoms with E-state index in [4.69, 9.17) is 10.9 Å². The van der Waals surface area contributed by atoms with Crippen LogP contribution < -0.4 is 11.1 Å². The van der Waals surface area contributed by atoms with E-state index in [1.807, 2.05) is 0 Å². The Labute approximate surface area is 119 Å². The van der Waals surface area contributed by atoms with Gasteiger partial charge in [0.15, 0.2) is 5.84 Å². The van der Waals surface area contributed by atoms with Crippen LogP contribution in [-0.4, -0.2) is 34.2 Å². The van der Waals surface area contributed by atoms with Crippen molar-refractivity contribution in [3.63, 3.8) is 0 Å². The zero-order chi connectivity index (χ0) is 14.6. The summed E-state index contributed by atoms with van der Waals surface area (Å²) in [6.45, 7) is 0. The lowest BCUT2D eigenvalue weighted by atomic mass is 9.72. The molecule has 6 nitrogen and oxygen atoms in total. The van der Waals surface area contributed by atoms with Crippen molar-refractivity contribution in [2.75, 3.05) is 0 Å². The van der Waals surface area contributed by atoms with E-state index in [1.165, 1.54) is 0 Å². The van der Waals surface area contributed by atoms with Crippen LogP contribution in [0.3, 0.4) is 0 Å². The second kappa shape index (κ2) is 6.43. The molecule has 1 amide bonds. The van der Waals surface area contributed by atoms with Gasteiger partial charge in [0.2, 0.25) is 5.91 Å². The number of carbonyl (C=O) groups excluding carboxylic acids is 1. The summed E-state index contributed by atoms with van der Waals surface area (Å²) in [5, 5.41) is 24.6. The molecule has 2 aliphatic carbocycles. The maximum atomic E-state index is 12.6. The van der Waals surface area contributed by atoms with E-state index >= 15 is 0 Å². The summed E-state index contributed by atoms with van der Waals surface area (Å²) >= 11 is 0. The number of aliphatic hydroxyl groups is 1. The fourth-order valence-corrected chi connectivity index (χ4v) is 3.39. The van der Waals surface area contributed by atoms with E-state index in [9.17, 15) is 9.90 Å². The number of nitrogens with two attached hydrogens (primary N) is 1. The van der Waals surface area contributed by atoms with Crippen LogP contribution >= 0.6 is 0 Å². The average molecular weight is 283 g/mol. The smallest absolute Gasteiger partial charge is 0.234 e. The predicted molar refractivity (Wildman–Crippen MR) is 75.3 cm³/mol. The van der Waals surface area contributed by atoms with E-state index < -0.39 is 5.41 Å². The van der Waals surface area contributed by atoms with Crippen molar-refractivity contribution in [2.45, 2.75) is 69.9 Å². The first-order valence-corrected chi connectivity index (χ1v) is 7.55. The van der Waals surface area contributed by atoms with Gasteiger partial charge in [0, 0.05) is 6.04 Å². The van der Waals surface area contributed by atoms with E-state index in [0.29, 0.717) is 12.8 Å². The van der Waals surface area contributed by atoms with Crippen LogP contribution in [0, 0.1) is 5.41 Å². The minimum absolute atomic E-state index is 0.0329. The molecular formula is C14H25N3O3. The number of oxime groups is 1. The normalized spacial score (nSPS) is 30.8. The van der Waals surface area contributed by atoms with Gasteiger partial charge in [-0.1, -0.05) is 24.4 Å². The van der Waals surface area contributed by atoms with Crippen molar-refractivity contribution < 1.29 is 15.1 Å². The minimum Gasteiger partial charge on any atom is -0.409 e. The molecule has 0 aromatic heterocycles. The Morgan fingerprint density at radius 2 is 1.75 bits per heavy atom. The summed E-state index contributed by atoms with van der Waals surface area (Å²) in [6, 6.07) is 0.0937. The third-order valence-electron chi connectivity index (χ3n) is 4.77. The van der Waals surface area contributed by atoms with Crippen molar-refractivity contribution in [2.24, 2.45) is 16.3 Å². The van der Waals surface area contributed by atoms with Gasteiger partial charge >= 0.3 is 0 Å². The van der Waals surface area contributed by atoms with Gasteiger partial charge in [-0.25, -0.2) is 0 Å². The molecule has 20 heavy (non-hydrogen) atoms. The van der Waals surface area contributed by atoms with Crippen molar-refractivity contribution >= 4 is 11.7 Å². The first-order chi connectivity index (χ1) is 9.58. The molecule has 0 bridgehead atoms. The summed E-state index contributed by atoms with van der Waals surface area (Å²) in [7, 11) is 0. The lowest BCUT2D eigenvalue weighted by Crippen LogP contribution is -2.53. The number of nitrogens with one attached hydrogen (secondary N) is 1. The number of hydrogen-bond donors (Lipinski definition) is 4. The zero-order valence-corrected chi connectivity index (χ0v) is 11.8. The van der Waals surface area contributed by atoms with E-state index in [0.717, 1.165) is 44.9 Å². The van der Waals surface area contributed by atoms with Crippen molar-refractivity contribution in [1.29, 1.82) is 0 Å². The van der Waals surface area contributed by atoms with Gasteiger partial charge in [-0.05, 0) is 38.5 Å². The second-order valence-electron chi connectivity index (χ2n) is 6.11. The minimum atomic E-state index is -0.844. The van der Waals surface area contributed by atoms with Crippen LogP contribution in [0.2, 0.25) is 0 Å². The molecule has 114 valence electrons.